The summed E-state index contributed by atoms with van der Waals surface area (Å²) in [6.07, 6.45) is 7.94. The minimum Gasteiger partial charge on any atom is -0.384 e. The molecule has 0 aliphatic carbocycles. The van der Waals surface area contributed by atoms with Crippen molar-refractivity contribution >= 4 is 5.84 Å². The summed E-state index contributed by atoms with van der Waals surface area (Å²) < 4.78 is 0. The smallest absolute Gasteiger partial charge is 0.121 e. The molecule has 0 bridgehead atoms. The molecule has 0 saturated carbocycles. The topological polar surface area (TPSA) is 38.4 Å². The van der Waals surface area contributed by atoms with E-state index in [0.29, 0.717) is 5.92 Å². The molecule has 0 aromatic heterocycles. The van der Waals surface area contributed by atoms with E-state index in [1.165, 1.54) is 24.8 Å². The Morgan fingerprint density at radius 3 is 2.38 bits per heavy atom. The summed E-state index contributed by atoms with van der Waals surface area (Å²) in [7, 11) is 0. The highest BCUT2D eigenvalue weighted by atomic mass is 14.9. The maximum Gasteiger partial charge on any atom is 0.121 e. The Kier molecular flexibility index (Phi) is 8.97. The molecule has 16 heavy (non-hydrogen) atoms. The van der Waals surface area contributed by atoms with Gasteiger partial charge in [-0.2, -0.15) is 0 Å². The lowest BCUT2D eigenvalue weighted by molar-refractivity contribution is 0.476. The maximum atomic E-state index is 6.00. The molecule has 0 aliphatic rings. The predicted molar refractivity (Wildman–Crippen MR) is 73.8 cm³/mol. The Bertz CT molecular complexity index is 229. The van der Waals surface area contributed by atoms with Gasteiger partial charge in [0.15, 0.2) is 0 Å². The van der Waals surface area contributed by atoms with Crippen LogP contribution in [0.3, 0.4) is 0 Å². The van der Waals surface area contributed by atoms with E-state index in [9.17, 15) is 0 Å². The number of amidine groups is 1. The quantitative estimate of drug-likeness (QED) is 0.492. The Balaban J connectivity index is 4.29. The molecule has 0 aromatic carbocycles. The van der Waals surface area contributed by atoms with E-state index in [1.807, 2.05) is 6.92 Å². The van der Waals surface area contributed by atoms with Crippen molar-refractivity contribution in [1.82, 2.24) is 0 Å². The molecule has 2 N–H and O–H groups in total. The van der Waals surface area contributed by atoms with Crippen molar-refractivity contribution in [3.63, 3.8) is 0 Å². The third-order valence-electron chi connectivity index (χ3n) is 2.99. The zero-order valence-electron chi connectivity index (χ0n) is 11.4. The Morgan fingerprint density at radius 2 is 1.94 bits per heavy atom. The molecule has 0 saturated heterocycles. The first-order valence-corrected chi connectivity index (χ1v) is 6.64. The molecule has 0 aromatic rings. The number of hydrogen-bond acceptors (Lipinski definition) is 1. The highest BCUT2D eigenvalue weighted by molar-refractivity contribution is 5.96. The van der Waals surface area contributed by atoms with Gasteiger partial charge in [-0.15, -0.1) is 0 Å². The fourth-order valence-corrected chi connectivity index (χ4v) is 1.85. The number of nitrogens with zero attached hydrogens (tertiary/aromatic N) is 1. The van der Waals surface area contributed by atoms with Crippen molar-refractivity contribution < 1.29 is 0 Å². The van der Waals surface area contributed by atoms with E-state index in [2.05, 4.69) is 31.8 Å². The summed E-state index contributed by atoms with van der Waals surface area (Å²) in [5.41, 5.74) is 7.20. The van der Waals surface area contributed by atoms with Crippen LogP contribution in [0, 0.1) is 5.92 Å². The van der Waals surface area contributed by atoms with Gasteiger partial charge in [0.2, 0.25) is 0 Å². The summed E-state index contributed by atoms with van der Waals surface area (Å²) in [6, 6.07) is 0. The Morgan fingerprint density at radius 1 is 1.25 bits per heavy atom. The van der Waals surface area contributed by atoms with Crippen LogP contribution in [0.15, 0.2) is 16.6 Å². The van der Waals surface area contributed by atoms with Crippen molar-refractivity contribution in [2.45, 2.75) is 59.8 Å². The van der Waals surface area contributed by atoms with Crippen LogP contribution in [-0.2, 0) is 0 Å². The third kappa shape index (κ3) is 5.94. The van der Waals surface area contributed by atoms with Gasteiger partial charge in [0.1, 0.15) is 5.84 Å². The second-order valence-electron chi connectivity index (χ2n) is 4.35. The zero-order valence-corrected chi connectivity index (χ0v) is 11.4. The number of aliphatic imine (C=N–C) groups is 1. The lowest BCUT2D eigenvalue weighted by Gasteiger charge is -2.12. The number of allylic oxidation sites excluding steroid dienone is 1. The van der Waals surface area contributed by atoms with Crippen molar-refractivity contribution in [3.05, 3.63) is 11.6 Å². The first kappa shape index (κ1) is 15.2. The van der Waals surface area contributed by atoms with Crippen molar-refractivity contribution in [2.24, 2.45) is 16.6 Å². The summed E-state index contributed by atoms with van der Waals surface area (Å²) in [6.45, 7) is 9.55. The van der Waals surface area contributed by atoms with Crippen molar-refractivity contribution in [3.8, 4) is 0 Å². The van der Waals surface area contributed by atoms with E-state index < -0.39 is 0 Å². The Labute approximate surface area is 101 Å². The van der Waals surface area contributed by atoms with Crippen LogP contribution in [0.5, 0.6) is 0 Å². The molecule has 0 aliphatic heterocycles. The van der Waals surface area contributed by atoms with E-state index in [4.69, 9.17) is 5.73 Å². The summed E-state index contributed by atoms with van der Waals surface area (Å²) >= 11 is 0. The molecule has 0 rings (SSSR count). The van der Waals surface area contributed by atoms with E-state index in [-0.39, 0.29) is 0 Å². The van der Waals surface area contributed by atoms with Gasteiger partial charge in [0.25, 0.3) is 0 Å². The lowest BCUT2D eigenvalue weighted by atomic mass is 10.0. The molecule has 0 amide bonds. The summed E-state index contributed by atoms with van der Waals surface area (Å²) in [5.74, 6) is 1.45. The van der Waals surface area contributed by atoms with Gasteiger partial charge in [-0.05, 0) is 31.3 Å². The second-order valence-corrected chi connectivity index (χ2v) is 4.35. The molecule has 0 radical (unpaired) electrons. The van der Waals surface area contributed by atoms with Gasteiger partial charge in [-0.1, -0.05) is 46.1 Å². The van der Waals surface area contributed by atoms with E-state index in [0.717, 1.165) is 25.2 Å². The minimum atomic E-state index is 0.697. The van der Waals surface area contributed by atoms with Crippen molar-refractivity contribution in [1.29, 1.82) is 0 Å². The minimum absolute atomic E-state index is 0.697. The molecular weight excluding hydrogens is 196 g/mol. The van der Waals surface area contributed by atoms with Crippen LogP contribution < -0.4 is 5.73 Å². The molecule has 2 nitrogen and oxygen atoms in total. The summed E-state index contributed by atoms with van der Waals surface area (Å²) in [4.78, 5) is 4.53. The van der Waals surface area contributed by atoms with E-state index in [1.54, 1.807) is 0 Å². The van der Waals surface area contributed by atoms with E-state index >= 15 is 0 Å². The van der Waals surface area contributed by atoms with Gasteiger partial charge in [0.05, 0.1) is 0 Å². The third-order valence-corrected chi connectivity index (χ3v) is 2.99. The van der Waals surface area contributed by atoms with Gasteiger partial charge in [0, 0.05) is 6.54 Å². The highest BCUT2D eigenvalue weighted by Crippen LogP contribution is 2.12. The normalized spacial score (nSPS) is 15.2. The van der Waals surface area contributed by atoms with Gasteiger partial charge >= 0.3 is 0 Å². The van der Waals surface area contributed by atoms with Crippen LogP contribution in [0.1, 0.15) is 59.8 Å². The van der Waals surface area contributed by atoms with Crippen LogP contribution in [0.25, 0.3) is 0 Å². The van der Waals surface area contributed by atoms with Crippen LogP contribution in [0.4, 0.5) is 0 Å². The molecule has 1 atom stereocenters. The molecule has 0 fully saturated rings. The maximum absolute atomic E-state index is 6.00. The fourth-order valence-electron chi connectivity index (χ4n) is 1.85. The molecule has 0 heterocycles. The monoisotopic (exact) mass is 224 g/mol. The number of nitrogens with two attached hydrogens (primary N) is 1. The van der Waals surface area contributed by atoms with Crippen LogP contribution >= 0.6 is 0 Å². The average molecular weight is 224 g/mol. The largest absolute Gasteiger partial charge is 0.384 e. The zero-order chi connectivity index (χ0) is 12.4. The number of rotatable bonds is 8. The predicted octanol–water partition coefficient (Wildman–Crippen LogP) is 3.92. The van der Waals surface area contributed by atoms with Crippen molar-refractivity contribution in [2.75, 3.05) is 6.54 Å². The first-order chi connectivity index (χ1) is 7.69. The highest BCUT2D eigenvalue weighted by Gasteiger charge is 2.05. The fraction of sp³-hybridized carbons (Fsp3) is 0.786. The molecule has 2 heteroatoms. The summed E-state index contributed by atoms with van der Waals surface area (Å²) in [5, 5.41) is 0. The molecule has 0 unspecified atom stereocenters. The second kappa shape index (κ2) is 9.44. The molecular formula is C14H28N2. The lowest BCUT2D eigenvalue weighted by Crippen LogP contribution is -2.17. The van der Waals surface area contributed by atoms with Gasteiger partial charge in [-0.3, -0.25) is 4.99 Å². The molecule has 0 spiro atoms. The van der Waals surface area contributed by atoms with Crippen LogP contribution in [0.2, 0.25) is 0 Å². The molecule has 94 valence electrons. The standard InChI is InChI=1S/C14H28N2/c1-5-9-12(7-3)11-16-14(15)13(8-4)10-6-2/h8,12H,5-7,9-11H2,1-4H3,(H2,15,16)/b13-8+/t12-/m1/s1. The SMILES string of the molecule is C/C=C(\CCC)C(N)=NC[C@H](CC)CCC. The van der Waals surface area contributed by atoms with Crippen LogP contribution in [-0.4, -0.2) is 12.4 Å². The van der Waals surface area contributed by atoms with Gasteiger partial charge < -0.3 is 5.73 Å². The van der Waals surface area contributed by atoms with Gasteiger partial charge in [-0.25, -0.2) is 0 Å². The average Bonchev–Trinajstić information content (AvgIpc) is 2.30. The number of hydrogen-bond donors (Lipinski definition) is 1. The first-order valence-electron chi connectivity index (χ1n) is 6.64. The Hall–Kier alpha value is -0.790.